The molecule has 0 aromatic carbocycles. The van der Waals surface area contributed by atoms with E-state index in [1.165, 1.54) is 30.5 Å². The molecule has 1 aromatic heterocycles. The molecule has 2 nitrogen and oxygen atoms in total. The molecule has 0 radical (unpaired) electrons. The smallest absolute Gasteiger partial charge is 0.0558 e. The SMILES string of the molecule is Cc1ccncc1NC1CCC(C)C1. The first-order chi connectivity index (χ1) is 6.75. The first-order valence-corrected chi connectivity index (χ1v) is 5.43. The fourth-order valence-corrected chi connectivity index (χ4v) is 2.17. The van der Waals surface area contributed by atoms with Gasteiger partial charge in [-0.3, -0.25) is 4.98 Å². The number of pyridine rings is 1. The molecule has 0 saturated heterocycles. The standard InChI is InChI=1S/C12H18N2/c1-9-3-4-11(7-9)14-12-8-13-6-5-10(12)2/h5-6,8-9,11,14H,3-4,7H2,1-2H3. The Morgan fingerprint density at radius 2 is 2.29 bits per heavy atom. The summed E-state index contributed by atoms with van der Waals surface area (Å²) in [6, 6.07) is 2.72. The number of hydrogen-bond acceptors (Lipinski definition) is 2. The van der Waals surface area contributed by atoms with Crippen LogP contribution in [0.2, 0.25) is 0 Å². The normalized spacial score (nSPS) is 26.4. The minimum atomic E-state index is 0.660. The zero-order chi connectivity index (χ0) is 9.97. The number of nitrogens with one attached hydrogen (secondary N) is 1. The molecule has 0 aliphatic heterocycles. The van der Waals surface area contributed by atoms with E-state index in [1.807, 2.05) is 12.4 Å². The third-order valence-corrected chi connectivity index (χ3v) is 3.09. The first-order valence-electron chi connectivity index (χ1n) is 5.43. The van der Waals surface area contributed by atoms with Crippen LogP contribution in [0.1, 0.15) is 31.7 Å². The van der Waals surface area contributed by atoms with Crippen LogP contribution < -0.4 is 5.32 Å². The van der Waals surface area contributed by atoms with Crippen molar-refractivity contribution >= 4 is 5.69 Å². The van der Waals surface area contributed by atoms with Crippen molar-refractivity contribution in [3.8, 4) is 0 Å². The van der Waals surface area contributed by atoms with Crippen LogP contribution in [0.5, 0.6) is 0 Å². The molecule has 0 spiro atoms. The first kappa shape index (κ1) is 9.50. The van der Waals surface area contributed by atoms with Crippen molar-refractivity contribution in [3.05, 3.63) is 24.0 Å². The van der Waals surface area contributed by atoms with Crippen LogP contribution in [0.15, 0.2) is 18.5 Å². The number of aryl methyl sites for hydroxylation is 1. The second kappa shape index (κ2) is 3.99. The summed E-state index contributed by atoms with van der Waals surface area (Å²) < 4.78 is 0. The number of rotatable bonds is 2. The summed E-state index contributed by atoms with van der Waals surface area (Å²) in [5.74, 6) is 0.879. The molecular formula is C12H18N2. The second-order valence-corrected chi connectivity index (χ2v) is 4.45. The van der Waals surface area contributed by atoms with E-state index in [1.54, 1.807) is 0 Å². The Bertz CT molecular complexity index is 309. The molecule has 2 heteroatoms. The molecular weight excluding hydrogens is 172 g/mol. The van der Waals surface area contributed by atoms with E-state index in [2.05, 4.69) is 30.2 Å². The number of anilines is 1. The molecule has 1 aliphatic carbocycles. The minimum absolute atomic E-state index is 0.660. The van der Waals surface area contributed by atoms with E-state index >= 15 is 0 Å². The van der Waals surface area contributed by atoms with Crippen LogP contribution in [-0.2, 0) is 0 Å². The zero-order valence-corrected chi connectivity index (χ0v) is 8.96. The van der Waals surface area contributed by atoms with Crippen LogP contribution in [0.25, 0.3) is 0 Å². The van der Waals surface area contributed by atoms with E-state index < -0.39 is 0 Å². The van der Waals surface area contributed by atoms with Crippen molar-refractivity contribution in [1.29, 1.82) is 0 Å². The van der Waals surface area contributed by atoms with E-state index in [0.29, 0.717) is 6.04 Å². The maximum absolute atomic E-state index is 4.14. The summed E-state index contributed by atoms with van der Waals surface area (Å²) in [6.07, 6.45) is 7.73. The number of nitrogens with zero attached hydrogens (tertiary/aromatic N) is 1. The molecule has 0 bridgehead atoms. The van der Waals surface area contributed by atoms with Gasteiger partial charge in [-0.05, 0) is 43.7 Å². The van der Waals surface area contributed by atoms with Crippen LogP contribution >= 0.6 is 0 Å². The summed E-state index contributed by atoms with van der Waals surface area (Å²) >= 11 is 0. The molecule has 1 saturated carbocycles. The topological polar surface area (TPSA) is 24.9 Å². The second-order valence-electron chi connectivity index (χ2n) is 4.45. The van der Waals surface area contributed by atoms with Gasteiger partial charge in [-0.1, -0.05) is 6.92 Å². The highest BCUT2D eigenvalue weighted by molar-refractivity contribution is 5.48. The predicted octanol–water partition coefficient (Wildman–Crippen LogP) is 2.99. The Kier molecular flexibility index (Phi) is 2.71. The van der Waals surface area contributed by atoms with Crippen molar-refractivity contribution in [2.75, 3.05) is 5.32 Å². The molecule has 76 valence electrons. The third-order valence-electron chi connectivity index (χ3n) is 3.09. The summed E-state index contributed by atoms with van der Waals surface area (Å²) in [6.45, 7) is 4.46. The van der Waals surface area contributed by atoms with Crippen molar-refractivity contribution in [2.45, 2.75) is 39.2 Å². The van der Waals surface area contributed by atoms with Crippen LogP contribution in [-0.4, -0.2) is 11.0 Å². The Morgan fingerprint density at radius 3 is 2.93 bits per heavy atom. The molecule has 1 fully saturated rings. The lowest BCUT2D eigenvalue weighted by molar-refractivity contribution is 0.602. The van der Waals surface area contributed by atoms with E-state index in [4.69, 9.17) is 0 Å². The average Bonchev–Trinajstić information content (AvgIpc) is 2.56. The molecule has 0 amide bonds. The van der Waals surface area contributed by atoms with Gasteiger partial charge in [0.1, 0.15) is 0 Å². The molecule has 1 N–H and O–H groups in total. The lowest BCUT2D eigenvalue weighted by Crippen LogP contribution is -2.16. The van der Waals surface area contributed by atoms with Gasteiger partial charge in [0.2, 0.25) is 0 Å². The van der Waals surface area contributed by atoms with Gasteiger partial charge >= 0.3 is 0 Å². The van der Waals surface area contributed by atoms with Gasteiger partial charge in [0.05, 0.1) is 11.9 Å². The van der Waals surface area contributed by atoms with Crippen LogP contribution in [0.3, 0.4) is 0 Å². The molecule has 1 heterocycles. The monoisotopic (exact) mass is 190 g/mol. The van der Waals surface area contributed by atoms with Gasteiger partial charge in [-0.25, -0.2) is 0 Å². The van der Waals surface area contributed by atoms with Gasteiger partial charge < -0.3 is 5.32 Å². The predicted molar refractivity (Wildman–Crippen MR) is 59.4 cm³/mol. The Morgan fingerprint density at radius 1 is 1.43 bits per heavy atom. The minimum Gasteiger partial charge on any atom is -0.381 e. The quantitative estimate of drug-likeness (QED) is 0.775. The summed E-state index contributed by atoms with van der Waals surface area (Å²) in [4.78, 5) is 4.14. The van der Waals surface area contributed by atoms with Gasteiger partial charge in [0, 0.05) is 12.2 Å². The molecule has 2 rings (SSSR count). The average molecular weight is 190 g/mol. The highest BCUT2D eigenvalue weighted by Crippen LogP contribution is 2.27. The van der Waals surface area contributed by atoms with E-state index in [0.717, 1.165) is 5.92 Å². The number of hydrogen-bond donors (Lipinski definition) is 1. The molecule has 1 aromatic rings. The molecule has 14 heavy (non-hydrogen) atoms. The van der Waals surface area contributed by atoms with Gasteiger partial charge in [0.15, 0.2) is 0 Å². The molecule has 2 atom stereocenters. The lowest BCUT2D eigenvalue weighted by atomic mass is 10.1. The van der Waals surface area contributed by atoms with Crippen molar-refractivity contribution < 1.29 is 0 Å². The fourth-order valence-electron chi connectivity index (χ4n) is 2.17. The summed E-state index contributed by atoms with van der Waals surface area (Å²) in [5, 5.41) is 3.58. The zero-order valence-electron chi connectivity index (χ0n) is 8.96. The molecule has 2 unspecified atom stereocenters. The molecule has 1 aliphatic rings. The van der Waals surface area contributed by atoms with Gasteiger partial charge in [0.25, 0.3) is 0 Å². The van der Waals surface area contributed by atoms with Crippen molar-refractivity contribution in [3.63, 3.8) is 0 Å². The Balaban J connectivity index is 2.01. The van der Waals surface area contributed by atoms with Crippen LogP contribution in [0, 0.1) is 12.8 Å². The van der Waals surface area contributed by atoms with Crippen LogP contribution in [0.4, 0.5) is 5.69 Å². The largest absolute Gasteiger partial charge is 0.381 e. The van der Waals surface area contributed by atoms with Crippen molar-refractivity contribution in [2.24, 2.45) is 5.92 Å². The van der Waals surface area contributed by atoms with E-state index in [-0.39, 0.29) is 0 Å². The Hall–Kier alpha value is -1.05. The maximum atomic E-state index is 4.14. The Labute approximate surface area is 85.7 Å². The van der Waals surface area contributed by atoms with Gasteiger partial charge in [-0.15, -0.1) is 0 Å². The summed E-state index contributed by atoms with van der Waals surface area (Å²) in [5.41, 5.74) is 2.49. The number of aromatic nitrogens is 1. The van der Waals surface area contributed by atoms with Gasteiger partial charge in [-0.2, -0.15) is 0 Å². The third kappa shape index (κ3) is 2.06. The maximum Gasteiger partial charge on any atom is 0.0558 e. The lowest BCUT2D eigenvalue weighted by Gasteiger charge is -2.15. The fraction of sp³-hybridized carbons (Fsp3) is 0.583. The highest BCUT2D eigenvalue weighted by Gasteiger charge is 2.21. The van der Waals surface area contributed by atoms with E-state index in [9.17, 15) is 0 Å². The van der Waals surface area contributed by atoms with Crippen molar-refractivity contribution in [1.82, 2.24) is 4.98 Å². The summed E-state index contributed by atoms with van der Waals surface area (Å²) in [7, 11) is 0. The highest BCUT2D eigenvalue weighted by atomic mass is 14.9.